The lowest BCUT2D eigenvalue weighted by atomic mass is 10.0. The van der Waals surface area contributed by atoms with Crippen LogP contribution >= 0.6 is 0 Å². The second-order valence-electron chi connectivity index (χ2n) is 6.34. The van der Waals surface area contributed by atoms with Gasteiger partial charge in [-0.2, -0.15) is 0 Å². The van der Waals surface area contributed by atoms with E-state index in [0.717, 1.165) is 11.1 Å². The first kappa shape index (κ1) is 18.7. The monoisotopic (exact) mass is 359 g/mol. The van der Waals surface area contributed by atoms with Crippen molar-refractivity contribution in [2.24, 2.45) is 0 Å². The minimum absolute atomic E-state index is 0.00406. The zero-order valence-corrected chi connectivity index (χ0v) is 16.1. The molecule has 3 nitrogen and oxygen atoms in total. The number of ether oxygens (including phenoxy) is 1. The quantitative estimate of drug-likeness (QED) is 0.544. The van der Waals surface area contributed by atoms with Crippen LogP contribution < -0.4 is 4.74 Å². The molecule has 1 amide bonds. The molecular formula is C24H25NO2. The smallest absolute Gasteiger partial charge is 0.258 e. The van der Waals surface area contributed by atoms with Crippen LogP contribution in [0.1, 0.15) is 35.3 Å². The van der Waals surface area contributed by atoms with Crippen LogP contribution in [-0.2, 0) is 0 Å². The number of carbonyl (C=O) groups is 1. The molecule has 0 aliphatic carbocycles. The van der Waals surface area contributed by atoms with Gasteiger partial charge >= 0.3 is 0 Å². The summed E-state index contributed by atoms with van der Waals surface area (Å²) in [6.45, 7) is 5.31. The first-order valence-corrected chi connectivity index (χ1v) is 9.31. The number of nitrogens with zero attached hydrogens (tertiary/aromatic N) is 1. The molecule has 0 atom stereocenters. The summed E-state index contributed by atoms with van der Waals surface area (Å²) in [6, 6.07) is 20.3. The third-order valence-corrected chi connectivity index (χ3v) is 4.77. The molecule has 0 unspecified atom stereocenters. The number of hydrogen-bond acceptors (Lipinski definition) is 2. The van der Waals surface area contributed by atoms with Gasteiger partial charge in [0, 0.05) is 13.1 Å². The highest BCUT2D eigenvalue weighted by atomic mass is 16.5. The molecule has 0 N–H and O–H groups in total. The van der Waals surface area contributed by atoms with Gasteiger partial charge in [-0.1, -0.05) is 60.7 Å². The van der Waals surface area contributed by atoms with E-state index < -0.39 is 0 Å². The molecule has 0 radical (unpaired) electrons. The SMILES string of the molecule is CCN(CC)C(=O)c1c(/C=C/c2ccc3ccccc3c2)cccc1OC. The molecule has 27 heavy (non-hydrogen) atoms. The van der Waals surface area contributed by atoms with Gasteiger partial charge in [0.25, 0.3) is 5.91 Å². The van der Waals surface area contributed by atoms with E-state index in [2.05, 4.69) is 30.3 Å². The van der Waals surface area contributed by atoms with Crippen molar-refractivity contribution in [3.05, 3.63) is 77.4 Å². The van der Waals surface area contributed by atoms with Crippen LogP contribution in [0.2, 0.25) is 0 Å². The minimum Gasteiger partial charge on any atom is -0.496 e. The molecule has 0 fully saturated rings. The van der Waals surface area contributed by atoms with Crippen LogP contribution in [0.15, 0.2) is 60.7 Å². The maximum Gasteiger partial charge on any atom is 0.258 e. The van der Waals surface area contributed by atoms with Gasteiger partial charge in [0.1, 0.15) is 5.75 Å². The summed E-state index contributed by atoms with van der Waals surface area (Å²) in [5, 5.41) is 2.41. The Morgan fingerprint density at radius 1 is 0.926 bits per heavy atom. The molecule has 0 bridgehead atoms. The number of carbonyl (C=O) groups excluding carboxylic acids is 1. The summed E-state index contributed by atoms with van der Waals surface area (Å²) in [7, 11) is 1.60. The molecule has 3 aromatic carbocycles. The van der Waals surface area contributed by atoms with E-state index >= 15 is 0 Å². The van der Waals surface area contributed by atoms with Crippen molar-refractivity contribution in [1.82, 2.24) is 4.90 Å². The lowest BCUT2D eigenvalue weighted by Crippen LogP contribution is -2.31. The summed E-state index contributed by atoms with van der Waals surface area (Å²) in [6.07, 6.45) is 4.03. The standard InChI is InChI=1S/C24H25NO2/c1-4-25(5-2)24(26)23-20(11-8-12-22(23)27-3)16-14-18-13-15-19-9-6-7-10-21(19)17-18/h6-17H,4-5H2,1-3H3/b16-14+. The number of amides is 1. The predicted molar refractivity (Wildman–Crippen MR) is 113 cm³/mol. The second kappa shape index (κ2) is 8.54. The molecule has 3 aromatic rings. The fraction of sp³-hybridized carbons (Fsp3) is 0.208. The largest absolute Gasteiger partial charge is 0.496 e. The van der Waals surface area contributed by atoms with Crippen LogP contribution in [0.25, 0.3) is 22.9 Å². The van der Waals surface area contributed by atoms with Gasteiger partial charge in [-0.3, -0.25) is 4.79 Å². The highest BCUT2D eigenvalue weighted by Gasteiger charge is 2.20. The fourth-order valence-corrected chi connectivity index (χ4v) is 3.25. The summed E-state index contributed by atoms with van der Waals surface area (Å²) in [5.74, 6) is 0.600. The number of benzene rings is 3. The first-order valence-electron chi connectivity index (χ1n) is 9.31. The van der Waals surface area contributed by atoms with Crippen LogP contribution in [0, 0.1) is 0 Å². The summed E-state index contributed by atoms with van der Waals surface area (Å²) < 4.78 is 5.47. The molecule has 0 aromatic heterocycles. The van der Waals surface area contributed by atoms with Gasteiger partial charge in [-0.05, 0) is 47.9 Å². The van der Waals surface area contributed by atoms with E-state index in [9.17, 15) is 4.79 Å². The Balaban J connectivity index is 2.00. The Hall–Kier alpha value is -3.07. The fourth-order valence-electron chi connectivity index (χ4n) is 3.25. The highest BCUT2D eigenvalue weighted by Crippen LogP contribution is 2.26. The van der Waals surface area contributed by atoms with E-state index in [4.69, 9.17) is 4.74 Å². The number of methoxy groups -OCH3 is 1. The van der Waals surface area contributed by atoms with E-state index in [0.29, 0.717) is 24.4 Å². The molecule has 0 spiro atoms. The molecule has 0 aliphatic rings. The van der Waals surface area contributed by atoms with Crippen molar-refractivity contribution < 1.29 is 9.53 Å². The average Bonchev–Trinajstić information content (AvgIpc) is 2.72. The second-order valence-corrected chi connectivity index (χ2v) is 6.34. The lowest BCUT2D eigenvalue weighted by Gasteiger charge is -2.21. The molecule has 138 valence electrons. The molecular weight excluding hydrogens is 334 g/mol. The lowest BCUT2D eigenvalue weighted by molar-refractivity contribution is 0.0769. The highest BCUT2D eigenvalue weighted by molar-refractivity contribution is 6.01. The molecule has 0 saturated carbocycles. The normalized spacial score (nSPS) is 11.1. The van der Waals surface area contributed by atoms with Crippen LogP contribution in [0.4, 0.5) is 0 Å². The van der Waals surface area contributed by atoms with Crippen LogP contribution in [-0.4, -0.2) is 31.0 Å². The van der Waals surface area contributed by atoms with Gasteiger partial charge in [0.15, 0.2) is 0 Å². The van der Waals surface area contributed by atoms with Gasteiger partial charge < -0.3 is 9.64 Å². The molecule has 0 aliphatic heterocycles. The van der Waals surface area contributed by atoms with Gasteiger partial charge in [0.05, 0.1) is 12.7 Å². The minimum atomic E-state index is -0.00406. The Kier molecular flexibility index (Phi) is 5.92. The third kappa shape index (κ3) is 4.03. The van der Waals surface area contributed by atoms with E-state index in [1.54, 1.807) is 7.11 Å². The van der Waals surface area contributed by atoms with Crippen molar-refractivity contribution in [2.75, 3.05) is 20.2 Å². The number of hydrogen-bond donors (Lipinski definition) is 0. The molecule has 0 saturated heterocycles. The Bertz CT molecular complexity index is 971. The van der Waals surface area contributed by atoms with Gasteiger partial charge in [-0.15, -0.1) is 0 Å². The Morgan fingerprint density at radius 3 is 2.37 bits per heavy atom. The third-order valence-electron chi connectivity index (χ3n) is 4.77. The predicted octanol–water partition coefficient (Wildman–Crippen LogP) is 5.50. The average molecular weight is 359 g/mol. The Morgan fingerprint density at radius 2 is 1.67 bits per heavy atom. The Labute approximate surface area is 160 Å². The molecule has 0 heterocycles. The summed E-state index contributed by atoms with van der Waals surface area (Å²) in [5.41, 5.74) is 2.57. The van der Waals surface area contributed by atoms with Crippen molar-refractivity contribution >= 4 is 28.8 Å². The van der Waals surface area contributed by atoms with E-state index in [-0.39, 0.29) is 5.91 Å². The number of fused-ring (bicyclic) bond motifs is 1. The maximum atomic E-state index is 13.0. The van der Waals surface area contributed by atoms with Crippen molar-refractivity contribution in [3.8, 4) is 5.75 Å². The van der Waals surface area contributed by atoms with Gasteiger partial charge in [-0.25, -0.2) is 0 Å². The zero-order chi connectivity index (χ0) is 19.2. The molecule has 3 rings (SSSR count). The van der Waals surface area contributed by atoms with Crippen LogP contribution in [0.5, 0.6) is 5.75 Å². The molecule has 3 heteroatoms. The first-order chi connectivity index (χ1) is 13.2. The van der Waals surface area contributed by atoms with Gasteiger partial charge in [0.2, 0.25) is 0 Å². The van der Waals surface area contributed by atoms with Crippen LogP contribution in [0.3, 0.4) is 0 Å². The van der Waals surface area contributed by atoms with Crippen molar-refractivity contribution in [1.29, 1.82) is 0 Å². The summed E-state index contributed by atoms with van der Waals surface area (Å²) in [4.78, 5) is 14.8. The zero-order valence-electron chi connectivity index (χ0n) is 16.1. The van der Waals surface area contributed by atoms with Crippen molar-refractivity contribution in [3.63, 3.8) is 0 Å². The number of rotatable bonds is 6. The topological polar surface area (TPSA) is 29.5 Å². The maximum absolute atomic E-state index is 13.0. The van der Waals surface area contributed by atoms with E-state index in [1.165, 1.54) is 10.8 Å². The van der Waals surface area contributed by atoms with E-state index in [1.807, 2.05) is 61.2 Å². The van der Waals surface area contributed by atoms with Crippen molar-refractivity contribution in [2.45, 2.75) is 13.8 Å². The summed E-state index contributed by atoms with van der Waals surface area (Å²) >= 11 is 0.